The zero-order chi connectivity index (χ0) is 27.2. The lowest BCUT2D eigenvalue weighted by molar-refractivity contribution is -0.137. The number of thiophene rings is 1. The minimum Gasteiger partial charge on any atom is -0.361 e. The molecule has 5 heterocycles. The Labute approximate surface area is 226 Å². The first-order chi connectivity index (χ1) is 18.0. The predicted octanol–water partition coefficient (Wildman–Crippen LogP) is 2.65. The molecule has 1 saturated heterocycles. The fourth-order valence-electron chi connectivity index (χ4n) is 4.43. The van der Waals surface area contributed by atoms with Crippen LogP contribution in [-0.2, 0) is 23.3 Å². The van der Waals surface area contributed by atoms with Gasteiger partial charge in [-0.2, -0.15) is 5.10 Å². The molecule has 1 aliphatic heterocycles. The summed E-state index contributed by atoms with van der Waals surface area (Å²) in [6.45, 7) is 10.5. The van der Waals surface area contributed by atoms with Crippen LogP contribution >= 0.6 is 11.3 Å². The third-order valence-electron chi connectivity index (χ3n) is 6.68. The van der Waals surface area contributed by atoms with E-state index in [9.17, 15) is 9.59 Å². The third kappa shape index (κ3) is 5.23. The van der Waals surface area contributed by atoms with E-state index in [0.717, 1.165) is 22.0 Å². The van der Waals surface area contributed by atoms with Crippen LogP contribution in [0.15, 0.2) is 23.8 Å². The molecular formula is C25H34N8O3SSi. The van der Waals surface area contributed by atoms with E-state index in [2.05, 4.69) is 35.0 Å². The van der Waals surface area contributed by atoms with Crippen LogP contribution in [0.1, 0.15) is 17.3 Å². The molecule has 1 aliphatic rings. The van der Waals surface area contributed by atoms with E-state index in [-0.39, 0.29) is 18.7 Å². The molecule has 1 fully saturated rings. The number of hydrogen-bond donors (Lipinski definition) is 2. The highest BCUT2D eigenvalue weighted by molar-refractivity contribution is 7.17. The Kier molecular flexibility index (Phi) is 7.11. The van der Waals surface area contributed by atoms with Crippen molar-refractivity contribution in [2.24, 2.45) is 12.8 Å². The first-order valence-corrected chi connectivity index (χ1v) is 17.3. The molecule has 0 unspecified atom stereocenters. The molecule has 13 heteroatoms. The highest BCUT2D eigenvalue weighted by atomic mass is 32.1. The molecule has 202 valence electrons. The number of likely N-dealkylation sites (tertiary alicyclic amines) is 1. The number of nitrogens with one attached hydrogen (secondary N) is 1. The van der Waals surface area contributed by atoms with Gasteiger partial charge in [0.2, 0.25) is 5.91 Å². The van der Waals surface area contributed by atoms with Crippen molar-refractivity contribution in [2.75, 3.05) is 19.7 Å². The van der Waals surface area contributed by atoms with Crippen LogP contribution in [0.3, 0.4) is 0 Å². The van der Waals surface area contributed by atoms with Crippen molar-refractivity contribution in [3.05, 3.63) is 29.4 Å². The van der Waals surface area contributed by atoms with Gasteiger partial charge in [-0.1, -0.05) is 19.6 Å². The molecule has 4 aromatic heterocycles. The second kappa shape index (κ2) is 10.2. The monoisotopic (exact) mass is 554 g/mol. The molecule has 0 radical (unpaired) electrons. The van der Waals surface area contributed by atoms with Gasteiger partial charge < -0.3 is 25.3 Å². The zero-order valence-electron chi connectivity index (χ0n) is 22.4. The maximum Gasteiger partial charge on any atom is 0.255 e. The van der Waals surface area contributed by atoms with Crippen LogP contribution in [0, 0.1) is 0 Å². The summed E-state index contributed by atoms with van der Waals surface area (Å²) in [4.78, 5) is 37.3. The minimum absolute atomic E-state index is 0.00381. The van der Waals surface area contributed by atoms with Gasteiger partial charge in [-0.15, -0.1) is 11.3 Å². The molecule has 11 nitrogen and oxygen atoms in total. The van der Waals surface area contributed by atoms with Crippen molar-refractivity contribution in [1.29, 1.82) is 0 Å². The molecule has 0 saturated carbocycles. The quantitative estimate of drug-likeness (QED) is 0.240. The van der Waals surface area contributed by atoms with Crippen LogP contribution in [-0.4, -0.2) is 80.9 Å². The standard InChI is InChI=1S/C25H34N8O3SSi/c1-15(25(35)32-11-16(26)12-32)28-24(34)17-13-33(14-36-7-9-38(3,4)5)23-20(17)29-18(10-27-23)21-22-19(6-8-37-22)31(2)30-21/h6,8,10,13,15-16H,7,9,11-12,14,26H2,1-5H3,(H,28,34)/t15-/m1/s1. The number of nitrogens with two attached hydrogens (primary N) is 1. The highest BCUT2D eigenvalue weighted by Gasteiger charge is 2.32. The summed E-state index contributed by atoms with van der Waals surface area (Å²) in [6.07, 6.45) is 3.39. The Bertz CT molecular complexity index is 1500. The van der Waals surface area contributed by atoms with Crippen LogP contribution in [0.5, 0.6) is 0 Å². The van der Waals surface area contributed by atoms with Crippen molar-refractivity contribution < 1.29 is 14.3 Å². The molecule has 5 rings (SSSR count). The number of ether oxygens (including phenoxy) is 1. The van der Waals surface area contributed by atoms with Crippen LogP contribution < -0.4 is 11.1 Å². The Hall–Kier alpha value is -3.13. The SMILES string of the molecule is C[C@@H](NC(=O)c1cn(COCC[Si](C)(C)C)c2ncc(-c3nn(C)c4ccsc34)nc12)C(=O)N1CC(N)C1. The molecule has 0 spiro atoms. The van der Waals surface area contributed by atoms with Gasteiger partial charge in [-0.05, 0) is 24.4 Å². The van der Waals surface area contributed by atoms with E-state index < -0.39 is 20.0 Å². The number of carbonyl (C=O) groups excluding carboxylic acids is 2. The molecular weight excluding hydrogens is 520 g/mol. The fourth-order valence-corrected chi connectivity index (χ4v) is 6.09. The molecule has 2 amide bonds. The normalized spacial score (nSPS) is 15.3. The molecule has 0 bridgehead atoms. The van der Waals surface area contributed by atoms with E-state index >= 15 is 0 Å². The lowest BCUT2D eigenvalue weighted by Gasteiger charge is -2.38. The number of aromatic nitrogens is 5. The Morgan fingerprint density at radius 1 is 1.32 bits per heavy atom. The van der Waals surface area contributed by atoms with Gasteiger partial charge in [0.1, 0.15) is 29.7 Å². The number of fused-ring (bicyclic) bond motifs is 2. The maximum absolute atomic E-state index is 13.4. The van der Waals surface area contributed by atoms with Gasteiger partial charge in [-0.3, -0.25) is 14.3 Å². The first-order valence-electron chi connectivity index (χ1n) is 12.7. The summed E-state index contributed by atoms with van der Waals surface area (Å²) in [5, 5.41) is 9.49. The Morgan fingerprint density at radius 2 is 2.08 bits per heavy atom. The summed E-state index contributed by atoms with van der Waals surface area (Å²) < 4.78 is 10.6. The number of carbonyl (C=O) groups is 2. The third-order valence-corrected chi connectivity index (χ3v) is 9.29. The molecule has 0 aliphatic carbocycles. The van der Waals surface area contributed by atoms with Crippen molar-refractivity contribution >= 4 is 52.6 Å². The molecule has 3 N–H and O–H groups in total. The highest BCUT2D eigenvalue weighted by Crippen LogP contribution is 2.31. The number of amides is 2. The van der Waals surface area contributed by atoms with Crippen LogP contribution in [0.4, 0.5) is 0 Å². The Balaban J connectivity index is 1.46. The van der Waals surface area contributed by atoms with E-state index in [1.54, 1.807) is 40.1 Å². The zero-order valence-corrected chi connectivity index (χ0v) is 24.2. The number of nitrogens with zero attached hydrogens (tertiary/aromatic N) is 6. The Morgan fingerprint density at radius 3 is 2.79 bits per heavy atom. The van der Waals surface area contributed by atoms with Crippen molar-refractivity contribution in [3.63, 3.8) is 0 Å². The maximum atomic E-state index is 13.4. The second-order valence-electron chi connectivity index (χ2n) is 11.1. The van der Waals surface area contributed by atoms with Crippen molar-refractivity contribution in [1.82, 2.24) is 34.5 Å². The minimum atomic E-state index is -1.24. The topological polar surface area (TPSA) is 133 Å². The predicted molar refractivity (Wildman–Crippen MR) is 151 cm³/mol. The van der Waals surface area contributed by atoms with E-state index in [4.69, 9.17) is 15.5 Å². The molecule has 0 aromatic carbocycles. The summed E-state index contributed by atoms with van der Waals surface area (Å²) in [7, 11) is 0.649. The lowest BCUT2D eigenvalue weighted by atomic mass is 10.1. The summed E-state index contributed by atoms with van der Waals surface area (Å²) in [5.41, 5.74) is 9.44. The van der Waals surface area contributed by atoms with Gasteiger partial charge in [0, 0.05) is 47.1 Å². The molecule has 1 atom stereocenters. The largest absolute Gasteiger partial charge is 0.361 e. The van der Waals surface area contributed by atoms with Gasteiger partial charge in [-0.25, -0.2) is 9.97 Å². The van der Waals surface area contributed by atoms with E-state index in [1.165, 1.54) is 0 Å². The van der Waals surface area contributed by atoms with Crippen molar-refractivity contribution in [2.45, 2.75) is 51.4 Å². The van der Waals surface area contributed by atoms with Gasteiger partial charge in [0.25, 0.3) is 5.91 Å². The number of aryl methyl sites for hydroxylation is 1. The summed E-state index contributed by atoms with van der Waals surface area (Å²) >= 11 is 1.58. The average molecular weight is 555 g/mol. The van der Waals surface area contributed by atoms with Gasteiger partial charge >= 0.3 is 0 Å². The van der Waals surface area contributed by atoms with Gasteiger partial charge in [0.05, 0.1) is 22.0 Å². The summed E-state index contributed by atoms with van der Waals surface area (Å²) in [6, 6.07) is 2.35. The average Bonchev–Trinajstić information content (AvgIpc) is 3.54. The number of hydrogen-bond acceptors (Lipinski definition) is 8. The lowest BCUT2D eigenvalue weighted by Crippen LogP contribution is -2.61. The number of rotatable bonds is 9. The van der Waals surface area contributed by atoms with Crippen LogP contribution in [0.25, 0.3) is 32.8 Å². The van der Waals surface area contributed by atoms with Crippen molar-refractivity contribution in [3.8, 4) is 11.4 Å². The van der Waals surface area contributed by atoms with E-state index in [1.807, 2.05) is 23.2 Å². The second-order valence-corrected chi connectivity index (χ2v) is 17.6. The first kappa shape index (κ1) is 26.5. The van der Waals surface area contributed by atoms with E-state index in [0.29, 0.717) is 42.1 Å². The fraction of sp³-hybridized carbons (Fsp3) is 0.480. The molecule has 4 aromatic rings. The smallest absolute Gasteiger partial charge is 0.255 e. The summed E-state index contributed by atoms with van der Waals surface area (Å²) in [5.74, 6) is -0.547. The van der Waals surface area contributed by atoms with Crippen LogP contribution in [0.2, 0.25) is 25.7 Å². The molecule has 38 heavy (non-hydrogen) atoms. The van der Waals surface area contributed by atoms with Gasteiger partial charge in [0.15, 0.2) is 5.65 Å².